The molecule has 0 amide bonds. The maximum Gasteiger partial charge on any atom is 0.147 e. The van der Waals surface area contributed by atoms with Gasteiger partial charge in [0.2, 0.25) is 0 Å². The first-order valence-corrected chi connectivity index (χ1v) is 8.62. The third-order valence-corrected chi connectivity index (χ3v) is 3.98. The molecule has 0 fully saturated rings. The Morgan fingerprint density at radius 3 is 1.95 bits per heavy atom. The molecule has 0 spiro atoms. The molecule has 0 aliphatic heterocycles. The molecule has 0 bridgehead atoms. The van der Waals surface area contributed by atoms with Crippen molar-refractivity contribution >= 4 is 43.5 Å². The van der Waals surface area contributed by atoms with E-state index in [2.05, 4.69) is 31.9 Å². The Morgan fingerprint density at radius 2 is 1.43 bits per heavy atom. The van der Waals surface area contributed by atoms with Crippen LogP contribution < -0.4 is 4.74 Å². The second-order valence-corrected chi connectivity index (χ2v) is 6.06. The van der Waals surface area contributed by atoms with Crippen molar-refractivity contribution in [1.82, 2.24) is 0 Å². The molecular formula is C14H19Br2ClO4. The van der Waals surface area contributed by atoms with Crippen LogP contribution in [0.1, 0.15) is 5.56 Å². The summed E-state index contributed by atoms with van der Waals surface area (Å²) in [4.78, 5) is 0. The summed E-state index contributed by atoms with van der Waals surface area (Å²) in [6.07, 6.45) is 0. The van der Waals surface area contributed by atoms with Crippen LogP contribution in [0.5, 0.6) is 5.75 Å². The van der Waals surface area contributed by atoms with E-state index in [1.54, 1.807) is 7.11 Å². The maximum atomic E-state index is 5.81. The maximum absolute atomic E-state index is 5.81. The molecule has 0 aliphatic carbocycles. The second kappa shape index (κ2) is 11.7. The topological polar surface area (TPSA) is 36.9 Å². The number of ether oxygens (including phenoxy) is 4. The fourth-order valence-electron chi connectivity index (χ4n) is 1.49. The zero-order chi connectivity index (χ0) is 15.5. The predicted molar refractivity (Wildman–Crippen MR) is 90.4 cm³/mol. The molecule has 1 aromatic rings. The van der Waals surface area contributed by atoms with E-state index in [-0.39, 0.29) is 0 Å². The van der Waals surface area contributed by atoms with Gasteiger partial charge in [0.05, 0.1) is 42.0 Å². The summed E-state index contributed by atoms with van der Waals surface area (Å²) in [6, 6.07) is 3.88. The lowest BCUT2D eigenvalue weighted by atomic mass is 10.2. The summed E-state index contributed by atoms with van der Waals surface area (Å²) < 4.78 is 23.0. The zero-order valence-corrected chi connectivity index (χ0v) is 15.8. The summed E-state index contributed by atoms with van der Waals surface area (Å²) in [5.41, 5.74) is 1.02. The van der Waals surface area contributed by atoms with Gasteiger partial charge in [0.15, 0.2) is 0 Å². The van der Waals surface area contributed by atoms with Gasteiger partial charge in [-0.2, -0.15) is 0 Å². The molecule has 0 aliphatic rings. The Kier molecular flexibility index (Phi) is 10.7. The lowest BCUT2D eigenvalue weighted by Crippen LogP contribution is -2.12. The third kappa shape index (κ3) is 7.81. The fourth-order valence-corrected chi connectivity index (χ4v) is 3.16. The first-order valence-electron chi connectivity index (χ1n) is 6.50. The molecule has 0 heterocycles. The van der Waals surface area contributed by atoms with Crippen molar-refractivity contribution in [2.24, 2.45) is 0 Å². The van der Waals surface area contributed by atoms with Gasteiger partial charge in [-0.25, -0.2) is 0 Å². The van der Waals surface area contributed by atoms with E-state index in [1.807, 2.05) is 12.1 Å². The highest BCUT2D eigenvalue weighted by atomic mass is 79.9. The molecule has 0 saturated heterocycles. The van der Waals surface area contributed by atoms with Gasteiger partial charge in [-0.15, -0.1) is 11.6 Å². The molecule has 120 valence electrons. The van der Waals surface area contributed by atoms with Crippen LogP contribution in [0.3, 0.4) is 0 Å². The van der Waals surface area contributed by atoms with E-state index in [0.29, 0.717) is 45.5 Å². The average Bonchev–Trinajstić information content (AvgIpc) is 2.47. The lowest BCUT2D eigenvalue weighted by Gasteiger charge is -2.12. The van der Waals surface area contributed by atoms with Crippen LogP contribution in [0.2, 0.25) is 0 Å². The smallest absolute Gasteiger partial charge is 0.147 e. The largest absolute Gasteiger partial charge is 0.489 e. The zero-order valence-electron chi connectivity index (χ0n) is 11.9. The minimum atomic E-state index is 0.462. The number of halogens is 3. The molecule has 1 rings (SSSR count). The lowest BCUT2D eigenvalue weighted by molar-refractivity contribution is 0.0178. The van der Waals surface area contributed by atoms with Crippen LogP contribution in [0.15, 0.2) is 21.1 Å². The molecule has 0 saturated carbocycles. The Balaban J connectivity index is 2.18. The van der Waals surface area contributed by atoms with Gasteiger partial charge >= 0.3 is 0 Å². The standard InChI is InChI=1S/C14H19Br2ClO4/c1-18-2-3-19-4-5-20-6-7-21-14-12(15)8-11(10-17)9-13(14)16/h8-9H,2-7,10H2,1H3. The molecule has 0 unspecified atom stereocenters. The van der Waals surface area contributed by atoms with Crippen LogP contribution in [0, 0.1) is 0 Å². The van der Waals surface area contributed by atoms with Crippen molar-refractivity contribution in [3.63, 3.8) is 0 Å². The third-order valence-electron chi connectivity index (χ3n) is 2.49. The van der Waals surface area contributed by atoms with Crippen molar-refractivity contribution in [3.05, 3.63) is 26.6 Å². The van der Waals surface area contributed by atoms with E-state index in [9.17, 15) is 0 Å². The summed E-state index contributed by atoms with van der Waals surface area (Å²) in [7, 11) is 1.65. The second-order valence-electron chi connectivity index (χ2n) is 4.09. The van der Waals surface area contributed by atoms with Gasteiger partial charge in [0.25, 0.3) is 0 Å². The van der Waals surface area contributed by atoms with Gasteiger partial charge in [-0.3, -0.25) is 0 Å². The Hall–Kier alpha value is 0.150. The van der Waals surface area contributed by atoms with Gasteiger partial charge in [0.1, 0.15) is 12.4 Å². The monoisotopic (exact) mass is 444 g/mol. The highest BCUT2D eigenvalue weighted by Crippen LogP contribution is 2.35. The van der Waals surface area contributed by atoms with Crippen LogP contribution >= 0.6 is 43.5 Å². The SMILES string of the molecule is COCCOCCOCCOc1c(Br)cc(CCl)cc1Br. The first-order chi connectivity index (χ1) is 10.2. The molecule has 0 atom stereocenters. The number of alkyl halides is 1. The average molecular weight is 447 g/mol. The van der Waals surface area contributed by atoms with Gasteiger partial charge < -0.3 is 18.9 Å². The molecule has 4 nitrogen and oxygen atoms in total. The van der Waals surface area contributed by atoms with Crippen molar-refractivity contribution in [3.8, 4) is 5.75 Å². The number of rotatable bonds is 11. The highest BCUT2D eigenvalue weighted by Gasteiger charge is 2.08. The van der Waals surface area contributed by atoms with Crippen LogP contribution in [-0.2, 0) is 20.1 Å². The molecular weight excluding hydrogens is 427 g/mol. The minimum absolute atomic E-state index is 0.462. The first kappa shape index (κ1) is 19.2. The normalized spacial score (nSPS) is 10.9. The number of benzene rings is 1. The number of hydrogen-bond acceptors (Lipinski definition) is 4. The fraction of sp³-hybridized carbons (Fsp3) is 0.571. The van der Waals surface area contributed by atoms with E-state index >= 15 is 0 Å². The molecule has 0 aromatic heterocycles. The Morgan fingerprint density at radius 1 is 0.905 bits per heavy atom. The van der Waals surface area contributed by atoms with Crippen LogP contribution in [0.4, 0.5) is 0 Å². The Labute approximate surface area is 147 Å². The summed E-state index contributed by atoms with van der Waals surface area (Å²) >= 11 is 12.7. The summed E-state index contributed by atoms with van der Waals surface area (Å²) in [5, 5.41) is 0. The molecule has 0 radical (unpaired) electrons. The van der Waals surface area contributed by atoms with Gasteiger partial charge in [0, 0.05) is 13.0 Å². The van der Waals surface area contributed by atoms with Gasteiger partial charge in [-0.1, -0.05) is 0 Å². The predicted octanol–water partition coefficient (Wildman–Crippen LogP) is 4.01. The van der Waals surface area contributed by atoms with Gasteiger partial charge in [-0.05, 0) is 49.6 Å². The molecule has 7 heteroatoms. The Bertz CT molecular complexity index is 395. The van der Waals surface area contributed by atoms with Crippen molar-refractivity contribution in [1.29, 1.82) is 0 Å². The quantitative estimate of drug-likeness (QED) is 0.380. The molecule has 1 aromatic carbocycles. The van der Waals surface area contributed by atoms with Crippen LogP contribution in [0.25, 0.3) is 0 Å². The van der Waals surface area contributed by atoms with E-state index < -0.39 is 0 Å². The summed E-state index contributed by atoms with van der Waals surface area (Å²) in [6.45, 7) is 3.26. The number of hydrogen-bond donors (Lipinski definition) is 0. The van der Waals surface area contributed by atoms with Crippen molar-refractivity contribution < 1.29 is 18.9 Å². The molecule has 0 N–H and O–H groups in total. The van der Waals surface area contributed by atoms with Crippen molar-refractivity contribution in [2.75, 3.05) is 46.8 Å². The van der Waals surface area contributed by atoms with Crippen molar-refractivity contribution in [2.45, 2.75) is 5.88 Å². The van der Waals surface area contributed by atoms with E-state index in [0.717, 1.165) is 20.3 Å². The van der Waals surface area contributed by atoms with Crippen LogP contribution in [-0.4, -0.2) is 46.8 Å². The minimum Gasteiger partial charge on any atom is -0.489 e. The summed E-state index contributed by atoms with van der Waals surface area (Å²) in [5.74, 6) is 1.22. The van der Waals surface area contributed by atoms with E-state index in [1.165, 1.54) is 0 Å². The highest BCUT2D eigenvalue weighted by molar-refractivity contribution is 9.11. The number of methoxy groups -OCH3 is 1. The van der Waals surface area contributed by atoms with E-state index in [4.69, 9.17) is 30.5 Å². The molecule has 21 heavy (non-hydrogen) atoms.